The molecule has 82 valence electrons. The van der Waals surface area contributed by atoms with E-state index in [1.807, 2.05) is 19.2 Å². The molecule has 1 rings (SSSR count). The molecular formula is C12H15ClFN. The highest BCUT2D eigenvalue weighted by Crippen LogP contribution is 2.21. The molecule has 3 heteroatoms. The van der Waals surface area contributed by atoms with Gasteiger partial charge < -0.3 is 5.32 Å². The number of hydrogen-bond acceptors (Lipinski definition) is 1. The molecule has 0 atom stereocenters. The fraction of sp³-hybridized carbons (Fsp3) is 0.333. The lowest BCUT2D eigenvalue weighted by atomic mass is 10.1. The first-order chi connectivity index (χ1) is 7.15. The summed E-state index contributed by atoms with van der Waals surface area (Å²) in [6, 6.07) is 3.11. The van der Waals surface area contributed by atoms with Crippen LogP contribution < -0.4 is 5.32 Å². The number of aryl methyl sites for hydroxylation is 1. The summed E-state index contributed by atoms with van der Waals surface area (Å²) in [6.07, 6.45) is 4.73. The van der Waals surface area contributed by atoms with Gasteiger partial charge in [0.25, 0.3) is 0 Å². The van der Waals surface area contributed by atoms with E-state index in [2.05, 4.69) is 5.32 Å². The molecule has 0 bridgehead atoms. The zero-order valence-corrected chi connectivity index (χ0v) is 9.74. The average molecular weight is 228 g/mol. The molecule has 0 aliphatic rings. The van der Waals surface area contributed by atoms with Crippen molar-refractivity contribution in [2.75, 3.05) is 13.6 Å². The monoisotopic (exact) mass is 227 g/mol. The van der Waals surface area contributed by atoms with Gasteiger partial charge in [-0.25, -0.2) is 4.39 Å². The predicted molar refractivity (Wildman–Crippen MR) is 63.7 cm³/mol. The zero-order valence-electron chi connectivity index (χ0n) is 8.98. The second kappa shape index (κ2) is 5.89. The number of halogens is 2. The highest BCUT2D eigenvalue weighted by Gasteiger charge is 2.02. The molecule has 1 N–H and O–H groups in total. The van der Waals surface area contributed by atoms with E-state index in [1.54, 1.807) is 13.0 Å². The van der Waals surface area contributed by atoms with Gasteiger partial charge in [-0.15, -0.1) is 0 Å². The highest BCUT2D eigenvalue weighted by atomic mass is 35.5. The SMILES string of the molecule is CNCCC=Cc1cc(F)c(C)cc1Cl. The molecule has 0 fully saturated rings. The Morgan fingerprint density at radius 3 is 2.87 bits per heavy atom. The lowest BCUT2D eigenvalue weighted by Gasteiger charge is -2.02. The Morgan fingerprint density at radius 1 is 1.47 bits per heavy atom. The van der Waals surface area contributed by atoms with Crippen molar-refractivity contribution in [3.8, 4) is 0 Å². The molecule has 1 aromatic rings. The maximum absolute atomic E-state index is 13.2. The first kappa shape index (κ1) is 12.2. The molecule has 0 saturated heterocycles. The maximum atomic E-state index is 13.2. The van der Waals surface area contributed by atoms with Crippen LogP contribution in [0.5, 0.6) is 0 Å². The summed E-state index contributed by atoms with van der Waals surface area (Å²) in [4.78, 5) is 0. The molecule has 0 aliphatic heterocycles. The van der Waals surface area contributed by atoms with E-state index in [1.165, 1.54) is 6.07 Å². The van der Waals surface area contributed by atoms with E-state index in [-0.39, 0.29) is 5.82 Å². The molecule has 1 nitrogen and oxygen atoms in total. The van der Waals surface area contributed by atoms with Crippen molar-refractivity contribution >= 4 is 17.7 Å². The Kier molecular flexibility index (Phi) is 4.79. The van der Waals surface area contributed by atoms with Gasteiger partial charge in [0.05, 0.1) is 0 Å². The second-order valence-corrected chi connectivity index (χ2v) is 3.82. The van der Waals surface area contributed by atoms with Crippen LogP contribution in [0, 0.1) is 12.7 Å². The Labute approximate surface area is 95.0 Å². The lowest BCUT2D eigenvalue weighted by Crippen LogP contribution is -2.05. The zero-order chi connectivity index (χ0) is 11.3. The molecule has 0 aliphatic carbocycles. The lowest BCUT2D eigenvalue weighted by molar-refractivity contribution is 0.618. The van der Waals surface area contributed by atoms with Crippen LogP contribution in [0.1, 0.15) is 17.5 Å². The van der Waals surface area contributed by atoms with E-state index >= 15 is 0 Å². The van der Waals surface area contributed by atoms with Gasteiger partial charge in [0.15, 0.2) is 0 Å². The van der Waals surface area contributed by atoms with Gasteiger partial charge in [-0.3, -0.25) is 0 Å². The third-order valence-corrected chi connectivity index (χ3v) is 2.46. The molecule has 0 saturated carbocycles. The van der Waals surface area contributed by atoms with Crippen molar-refractivity contribution < 1.29 is 4.39 Å². The van der Waals surface area contributed by atoms with Gasteiger partial charge in [0, 0.05) is 5.02 Å². The third kappa shape index (κ3) is 3.65. The topological polar surface area (TPSA) is 12.0 Å². The standard InChI is InChI=1S/C12H15ClFN/c1-9-7-11(13)10(8-12(9)14)5-3-4-6-15-2/h3,5,7-8,15H,4,6H2,1-2H3. The maximum Gasteiger partial charge on any atom is 0.126 e. The molecule has 0 radical (unpaired) electrons. The minimum atomic E-state index is -0.215. The second-order valence-electron chi connectivity index (χ2n) is 3.42. The van der Waals surface area contributed by atoms with Gasteiger partial charge in [-0.2, -0.15) is 0 Å². The van der Waals surface area contributed by atoms with E-state index < -0.39 is 0 Å². The summed E-state index contributed by atoms with van der Waals surface area (Å²) in [6.45, 7) is 2.61. The minimum Gasteiger partial charge on any atom is -0.319 e. The van der Waals surface area contributed by atoms with Crippen LogP contribution in [0.2, 0.25) is 5.02 Å². The molecule has 0 aromatic heterocycles. The molecule has 0 unspecified atom stereocenters. The quantitative estimate of drug-likeness (QED) is 0.778. The Hall–Kier alpha value is -0.860. The first-order valence-corrected chi connectivity index (χ1v) is 5.29. The van der Waals surface area contributed by atoms with Crippen LogP contribution in [0.3, 0.4) is 0 Å². The molecule has 1 aromatic carbocycles. The molecule has 15 heavy (non-hydrogen) atoms. The predicted octanol–water partition coefficient (Wildman–Crippen LogP) is 3.41. The van der Waals surface area contributed by atoms with Gasteiger partial charge in [-0.1, -0.05) is 23.8 Å². The van der Waals surface area contributed by atoms with E-state index in [0.717, 1.165) is 18.5 Å². The molecule has 0 spiro atoms. The van der Waals surface area contributed by atoms with E-state index in [0.29, 0.717) is 10.6 Å². The summed E-state index contributed by atoms with van der Waals surface area (Å²) < 4.78 is 13.2. The van der Waals surface area contributed by atoms with Gasteiger partial charge in [-0.05, 0) is 50.2 Å². The molecular weight excluding hydrogens is 213 g/mol. The van der Waals surface area contributed by atoms with Crippen molar-refractivity contribution in [1.29, 1.82) is 0 Å². The van der Waals surface area contributed by atoms with Gasteiger partial charge >= 0.3 is 0 Å². The third-order valence-electron chi connectivity index (χ3n) is 2.14. The number of rotatable bonds is 4. The molecule has 0 amide bonds. The van der Waals surface area contributed by atoms with Crippen LogP contribution in [-0.2, 0) is 0 Å². The summed E-state index contributed by atoms with van der Waals surface area (Å²) >= 11 is 5.98. The number of hydrogen-bond donors (Lipinski definition) is 1. The van der Waals surface area contributed by atoms with Crippen molar-refractivity contribution in [1.82, 2.24) is 5.32 Å². The fourth-order valence-corrected chi connectivity index (χ4v) is 1.51. The van der Waals surface area contributed by atoms with E-state index in [9.17, 15) is 4.39 Å². The summed E-state index contributed by atoms with van der Waals surface area (Å²) in [5, 5.41) is 3.62. The van der Waals surface area contributed by atoms with Crippen LogP contribution in [-0.4, -0.2) is 13.6 Å². The largest absolute Gasteiger partial charge is 0.319 e. The average Bonchev–Trinajstić information content (AvgIpc) is 2.20. The van der Waals surface area contributed by atoms with E-state index in [4.69, 9.17) is 11.6 Å². The van der Waals surface area contributed by atoms with Crippen LogP contribution in [0.4, 0.5) is 4.39 Å². The Morgan fingerprint density at radius 2 is 2.20 bits per heavy atom. The highest BCUT2D eigenvalue weighted by molar-refractivity contribution is 6.32. The van der Waals surface area contributed by atoms with Crippen molar-refractivity contribution in [2.24, 2.45) is 0 Å². The van der Waals surface area contributed by atoms with Gasteiger partial charge in [0.2, 0.25) is 0 Å². The normalized spacial score (nSPS) is 11.2. The summed E-state index contributed by atoms with van der Waals surface area (Å²) in [5.74, 6) is -0.215. The van der Waals surface area contributed by atoms with Crippen LogP contribution in [0.25, 0.3) is 6.08 Å². The first-order valence-electron chi connectivity index (χ1n) is 4.92. The van der Waals surface area contributed by atoms with Crippen molar-refractivity contribution in [3.63, 3.8) is 0 Å². The van der Waals surface area contributed by atoms with Crippen LogP contribution >= 0.6 is 11.6 Å². The Bertz CT molecular complexity index is 361. The fourth-order valence-electron chi connectivity index (χ4n) is 1.23. The van der Waals surface area contributed by atoms with Crippen molar-refractivity contribution in [3.05, 3.63) is 40.2 Å². The summed E-state index contributed by atoms with van der Waals surface area (Å²) in [5.41, 5.74) is 1.31. The van der Waals surface area contributed by atoms with Gasteiger partial charge in [0.1, 0.15) is 5.82 Å². The smallest absolute Gasteiger partial charge is 0.126 e. The number of benzene rings is 1. The Balaban J connectivity index is 2.77. The van der Waals surface area contributed by atoms with Crippen molar-refractivity contribution in [2.45, 2.75) is 13.3 Å². The minimum absolute atomic E-state index is 0.215. The number of nitrogens with one attached hydrogen (secondary N) is 1. The van der Waals surface area contributed by atoms with Crippen LogP contribution in [0.15, 0.2) is 18.2 Å². The summed E-state index contributed by atoms with van der Waals surface area (Å²) in [7, 11) is 1.90. The molecule has 0 heterocycles.